The van der Waals surface area contributed by atoms with Crippen molar-refractivity contribution in [1.29, 1.82) is 0 Å². The fourth-order valence-electron chi connectivity index (χ4n) is 3.36. The van der Waals surface area contributed by atoms with Crippen LogP contribution in [0.15, 0.2) is 54.6 Å². The van der Waals surface area contributed by atoms with Crippen LogP contribution in [-0.2, 0) is 0 Å². The molecule has 0 heterocycles. The summed E-state index contributed by atoms with van der Waals surface area (Å²) < 4.78 is 0. The molecule has 1 aliphatic carbocycles. The lowest BCUT2D eigenvalue weighted by molar-refractivity contribution is 0.321. The molecule has 2 heteroatoms. The van der Waals surface area contributed by atoms with Gasteiger partial charge in [-0.25, -0.2) is 0 Å². The van der Waals surface area contributed by atoms with Gasteiger partial charge >= 0.3 is 0 Å². The average molecular weight is 300 g/mol. The van der Waals surface area contributed by atoms with Gasteiger partial charge in [-0.15, -0.1) is 0 Å². The van der Waals surface area contributed by atoms with E-state index in [1.807, 2.05) is 18.2 Å². The molecule has 0 aromatic heterocycles. The largest absolute Gasteiger partial charge is 0.378 e. The summed E-state index contributed by atoms with van der Waals surface area (Å²) in [5.41, 5.74) is 2.49. The molecule has 1 unspecified atom stereocenters. The molecule has 0 spiro atoms. The van der Waals surface area contributed by atoms with Crippen molar-refractivity contribution in [2.75, 3.05) is 5.32 Å². The highest BCUT2D eigenvalue weighted by Gasteiger charge is 2.24. The summed E-state index contributed by atoms with van der Waals surface area (Å²) in [6, 6.07) is 19.2. The van der Waals surface area contributed by atoms with Gasteiger partial charge in [-0.1, -0.05) is 67.3 Å². The summed E-state index contributed by atoms with van der Waals surface area (Å²) in [5, 5.41) is 4.51. The van der Waals surface area contributed by atoms with Crippen LogP contribution >= 0.6 is 11.6 Å². The molecule has 3 rings (SSSR count). The maximum atomic E-state index is 6.12. The molecule has 21 heavy (non-hydrogen) atoms. The van der Waals surface area contributed by atoms with Crippen molar-refractivity contribution >= 4 is 17.3 Å². The van der Waals surface area contributed by atoms with E-state index in [0.717, 1.165) is 10.7 Å². The van der Waals surface area contributed by atoms with Gasteiger partial charge in [0.25, 0.3) is 0 Å². The Morgan fingerprint density at radius 2 is 1.67 bits per heavy atom. The molecule has 1 atom stereocenters. The summed E-state index contributed by atoms with van der Waals surface area (Å²) in [6.45, 7) is 0. The second-order valence-corrected chi connectivity index (χ2v) is 6.38. The summed E-state index contributed by atoms with van der Waals surface area (Å²) in [4.78, 5) is 0. The Morgan fingerprint density at radius 3 is 2.38 bits per heavy atom. The Morgan fingerprint density at radius 1 is 0.905 bits per heavy atom. The van der Waals surface area contributed by atoms with Crippen molar-refractivity contribution in [2.45, 2.75) is 38.1 Å². The average Bonchev–Trinajstić information content (AvgIpc) is 2.54. The van der Waals surface area contributed by atoms with Crippen LogP contribution in [0.25, 0.3) is 0 Å². The van der Waals surface area contributed by atoms with Crippen molar-refractivity contribution in [3.05, 3.63) is 65.2 Å². The van der Waals surface area contributed by atoms with Gasteiger partial charge in [-0.2, -0.15) is 0 Å². The second kappa shape index (κ2) is 7.00. The SMILES string of the molecule is Clc1cccc(NC(c2ccccc2)C2CCCCC2)c1. The van der Waals surface area contributed by atoms with Crippen molar-refractivity contribution in [1.82, 2.24) is 0 Å². The predicted octanol–water partition coefficient (Wildman–Crippen LogP) is 6.07. The molecule has 0 amide bonds. The van der Waals surface area contributed by atoms with Crippen LogP contribution in [0.5, 0.6) is 0 Å². The van der Waals surface area contributed by atoms with Gasteiger partial charge in [0.15, 0.2) is 0 Å². The van der Waals surface area contributed by atoms with Crippen LogP contribution in [0.2, 0.25) is 5.02 Å². The lowest BCUT2D eigenvalue weighted by Crippen LogP contribution is -2.23. The van der Waals surface area contributed by atoms with Crippen molar-refractivity contribution in [3.63, 3.8) is 0 Å². The van der Waals surface area contributed by atoms with Gasteiger partial charge in [0.05, 0.1) is 6.04 Å². The normalized spacial score (nSPS) is 17.4. The first kappa shape index (κ1) is 14.5. The maximum absolute atomic E-state index is 6.12. The molecular weight excluding hydrogens is 278 g/mol. The molecule has 1 nitrogen and oxygen atoms in total. The van der Waals surface area contributed by atoms with Crippen LogP contribution < -0.4 is 5.32 Å². The molecule has 2 aromatic rings. The standard InChI is InChI=1S/C19H22ClN/c20-17-12-7-13-18(14-17)21-19(15-8-3-1-4-9-15)16-10-5-2-6-11-16/h1,3-4,7-9,12-14,16,19,21H,2,5-6,10-11H2. The minimum absolute atomic E-state index is 0.380. The van der Waals surface area contributed by atoms with E-state index in [1.165, 1.54) is 37.7 Å². The van der Waals surface area contributed by atoms with E-state index in [1.54, 1.807) is 0 Å². The quantitative estimate of drug-likeness (QED) is 0.722. The Bertz CT molecular complexity index is 561. The minimum atomic E-state index is 0.380. The second-order valence-electron chi connectivity index (χ2n) is 5.94. The van der Waals surface area contributed by atoms with E-state index in [-0.39, 0.29) is 0 Å². The first-order valence-electron chi connectivity index (χ1n) is 7.90. The zero-order valence-corrected chi connectivity index (χ0v) is 13.0. The number of hydrogen-bond acceptors (Lipinski definition) is 1. The molecule has 1 saturated carbocycles. The fourth-order valence-corrected chi connectivity index (χ4v) is 3.55. The summed E-state index contributed by atoms with van der Waals surface area (Å²) in [5.74, 6) is 0.708. The van der Waals surface area contributed by atoms with Gasteiger partial charge < -0.3 is 5.32 Å². The van der Waals surface area contributed by atoms with Crippen molar-refractivity contribution < 1.29 is 0 Å². The molecule has 110 valence electrons. The van der Waals surface area contributed by atoms with Crippen LogP contribution in [0.4, 0.5) is 5.69 Å². The summed E-state index contributed by atoms with van der Waals surface area (Å²) in [6.07, 6.45) is 6.71. The van der Waals surface area contributed by atoms with Crippen LogP contribution in [0.3, 0.4) is 0 Å². The molecule has 0 bridgehead atoms. The van der Waals surface area contributed by atoms with E-state index < -0.39 is 0 Å². The maximum Gasteiger partial charge on any atom is 0.0542 e. The minimum Gasteiger partial charge on any atom is -0.378 e. The highest BCUT2D eigenvalue weighted by molar-refractivity contribution is 6.30. The number of rotatable bonds is 4. The highest BCUT2D eigenvalue weighted by atomic mass is 35.5. The molecule has 1 N–H and O–H groups in total. The zero-order chi connectivity index (χ0) is 14.5. The topological polar surface area (TPSA) is 12.0 Å². The molecular formula is C19H22ClN. The third kappa shape index (κ3) is 3.79. The third-order valence-corrected chi connectivity index (χ3v) is 4.66. The number of halogens is 1. The number of anilines is 1. The highest BCUT2D eigenvalue weighted by Crippen LogP contribution is 2.36. The molecule has 0 radical (unpaired) electrons. The molecule has 1 aliphatic rings. The van der Waals surface area contributed by atoms with Gasteiger partial charge in [0, 0.05) is 10.7 Å². The molecule has 0 aliphatic heterocycles. The zero-order valence-electron chi connectivity index (χ0n) is 12.3. The molecule has 2 aromatic carbocycles. The van der Waals surface area contributed by atoms with E-state index in [9.17, 15) is 0 Å². The number of benzene rings is 2. The third-order valence-electron chi connectivity index (χ3n) is 4.43. The Hall–Kier alpha value is -1.47. The lowest BCUT2D eigenvalue weighted by Gasteiger charge is -2.32. The number of hydrogen-bond donors (Lipinski definition) is 1. The predicted molar refractivity (Wildman–Crippen MR) is 90.8 cm³/mol. The molecule has 1 fully saturated rings. The summed E-state index contributed by atoms with van der Waals surface area (Å²) in [7, 11) is 0. The van der Waals surface area contributed by atoms with E-state index in [4.69, 9.17) is 11.6 Å². The van der Waals surface area contributed by atoms with E-state index in [2.05, 4.69) is 41.7 Å². The van der Waals surface area contributed by atoms with Crippen molar-refractivity contribution in [3.8, 4) is 0 Å². The number of nitrogens with one attached hydrogen (secondary N) is 1. The molecule has 0 saturated heterocycles. The van der Waals surface area contributed by atoms with Gasteiger partial charge in [-0.3, -0.25) is 0 Å². The van der Waals surface area contributed by atoms with Crippen LogP contribution in [0.1, 0.15) is 43.7 Å². The first-order valence-corrected chi connectivity index (χ1v) is 8.28. The monoisotopic (exact) mass is 299 g/mol. The first-order chi connectivity index (χ1) is 10.3. The smallest absolute Gasteiger partial charge is 0.0542 e. The Kier molecular flexibility index (Phi) is 4.82. The Balaban J connectivity index is 1.85. The van der Waals surface area contributed by atoms with Crippen molar-refractivity contribution in [2.24, 2.45) is 5.92 Å². The van der Waals surface area contributed by atoms with Crippen LogP contribution in [-0.4, -0.2) is 0 Å². The summed E-state index contributed by atoms with van der Waals surface area (Å²) >= 11 is 6.12. The fraction of sp³-hybridized carbons (Fsp3) is 0.368. The van der Waals surface area contributed by atoms with Crippen LogP contribution in [0, 0.1) is 5.92 Å². The Labute approximate surface area is 132 Å². The van der Waals surface area contributed by atoms with Gasteiger partial charge in [0.1, 0.15) is 0 Å². The van der Waals surface area contributed by atoms with Gasteiger partial charge in [-0.05, 0) is 42.5 Å². The van der Waals surface area contributed by atoms with Gasteiger partial charge in [0.2, 0.25) is 0 Å². The van der Waals surface area contributed by atoms with E-state index >= 15 is 0 Å². The lowest BCUT2D eigenvalue weighted by atomic mass is 9.81. The van der Waals surface area contributed by atoms with E-state index in [0.29, 0.717) is 12.0 Å².